The number of benzene rings is 2. The molecule has 0 aliphatic rings. The van der Waals surface area contributed by atoms with Crippen LogP contribution in [0.1, 0.15) is 15.9 Å². The highest BCUT2D eigenvalue weighted by Gasteiger charge is 2.28. The van der Waals surface area contributed by atoms with Crippen molar-refractivity contribution in [2.24, 2.45) is 0 Å². The van der Waals surface area contributed by atoms with Crippen LogP contribution in [0.25, 0.3) is 0 Å². The minimum absolute atomic E-state index is 0.0493. The number of hydrogen-bond donors (Lipinski definition) is 2. The van der Waals surface area contributed by atoms with Gasteiger partial charge in [-0.15, -0.1) is 0 Å². The van der Waals surface area contributed by atoms with Crippen molar-refractivity contribution in [3.05, 3.63) is 65.7 Å². The molecule has 2 aromatic rings. The summed E-state index contributed by atoms with van der Waals surface area (Å²) in [5, 5.41) is 1.70. The van der Waals surface area contributed by atoms with Crippen LogP contribution in [0.5, 0.6) is 0 Å². The fraction of sp³-hybridized carbons (Fsp3) is 0.188. The molecule has 134 valence electrons. The quantitative estimate of drug-likeness (QED) is 0.818. The Bertz CT molecular complexity index is 837. The van der Waals surface area contributed by atoms with Crippen molar-refractivity contribution in [3.63, 3.8) is 0 Å². The Morgan fingerprint density at radius 2 is 1.68 bits per heavy atom. The second kappa shape index (κ2) is 7.66. The van der Waals surface area contributed by atoms with E-state index in [2.05, 4.69) is 4.72 Å². The number of nitrogens with one attached hydrogen (secondary N) is 2. The van der Waals surface area contributed by atoms with Gasteiger partial charge in [-0.05, 0) is 23.8 Å². The number of amides is 1. The molecule has 2 aromatic carbocycles. The van der Waals surface area contributed by atoms with E-state index < -0.39 is 28.7 Å². The standard InChI is InChI=1S/C16H15F3N2O3S/c17-16(18,19)11-20-15(22)13-7-4-8-14(9-13)25(23,24)21-10-12-5-2-1-3-6-12/h1-9,21H,10-11H2,(H,20,22). The zero-order valence-electron chi connectivity index (χ0n) is 12.9. The second-order valence-corrected chi connectivity index (χ2v) is 6.90. The Kier molecular flexibility index (Phi) is 5.81. The molecule has 9 heteroatoms. The third-order valence-corrected chi connectivity index (χ3v) is 4.56. The lowest BCUT2D eigenvalue weighted by Gasteiger charge is -2.10. The summed E-state index contributed by atoms with van der Waals surface area (Å²) in [6, 6.07) is 13.6. The predicted molar refractivity (Wildman–Crippen MR) is 85.3 cm³/mol. The number of hydrogen-bond acceptors (Lipinski definition) is 3. The average Bonchev–Trinajstić information content (AvgIpc) is 2.58. The van der Waals surface area contributed by atoms with Gasteiger partial charge in [-0.3, -0.25) is 4.79 Å². The number of carbonyl (C=O) groups is 1. The van der Waals surface area contributed by atoms with Crippen LogP contribution in [-0.2, 0) is 16.6 Å². The average molecular weight is 372 g/mol. The first-order chi connectivity index (χ1) is 11.7. The van der Waals surface area contributed by atoms with Gasteiger partial charge in [0.05, 0.1) is 4.90 Å². The third-order valence-electron chi connectivity index (χ3n) is 3.17. The fourth-order valence-electron chi connectivity index (χ4n) is 1.94. The maximum Gasteiger partial charge on any atom is 0.405 e. The first-order valence-corrected chi connectivity index (χ1v) is 8.64. The molecular formula is C16H15F3N2O3S. The Hall–Kier alpha value is -2.39. The molecule has 0 fully saturated rings. The SMILES string of the molecule is O=C(NCC(F)(F)F)c1cccc(S(=O)(=O)NCc2ccccc2)c1. The largest absolute Gasteiger partial charge is 0.405 e. The van der Waals surface area contributed by atoms with E-state index in [9.17, 15) is 26.4 Å². The second-order valence-electron chi connectivity index (χ2n) is 5.14. The van der Waals surface area contributed by atoms with E-state index in [4.69, 9.17) is 0 Å². The van der Waals surface area contributed by atoms with E-state index in [1.54, 1.807) is 35.6 Å². The molecule has 0 atom stereocenters. The summed E-state index contributed by atoms with van der Waals surface area (Å²) in [5.41, 5.74) is 0.567. The highest BCUT2D eigenvalue weighted by molar-refractivity contribution is 7.89. The van der Waals surface area contributed by atoms with E-state index in [-0.39, 0.29) is 17.0 Å². The van der Waals surface area contributed by atoms with Crippen LogP contribution in [0.15, 0.2) is 59.5 Å². The zero-order chi connectivity index (χ0) is 18.5. The van der Waals surface area contributed by atoms with Gasteiger partial charge in [0, 0.05) is 12.1 Å². The van der Waals surface area contributed by atoms with Crippen molar-refractivity contribution in [2.75, 3.05) is 6.54 Å². The molecule has 2 N–H and O–H groups in total. The lowest BCUT2D eigenvalue weighted by molar-refractivity contribution is -0.123. The Morgan fingerprint density at radius 3 is 2.32 bits per heavy atom. The van der Waals surface area contributed by atoms with Gasteiger partial charge in [-0.2, -0.15) is 13.2 Å². The zero-order valence-corrected chi connectivity index (χ0v) is 13.7. The van der Waals surface area contributed by atoms with Gasteiger partial charge in [0.25, 0.3) is 5.91 Å². The number of carbonyl (C=O) groups excluding carboxylic acids is 1. The minimum Gasteiger partial charge on any atom is -0.343 e. The molecule has 5 nitrogen and oxygen atoms in total. The predicted octanol–water partition coefficient (Wildman–Crippen LogP) is 2.46. The van der Waals surface area contributed by atoms with Crippen molar-refractivity contribution >= 4 is 15.9 Å². The van der Waals surface area contributed by atoms with Gasteiger partial charge >= 0.3 is 6.18 Å². The van der Waals surface area contributed by atoms with Gasteiger partial charge in [0.15, 0.2) is 0 Å². The van der Waals surface area contributed by atoms with Crippen molar-refractivity contribution < 1.29 is 26.4 Å². The molecule has 0 radical (unpaired) electrons. The fourth-order valence-corrected chi connectivity index (χ4v) is 3.01. The van der Waals surface area contributed by atoms with E-state index in [1.807, 2.05) is 0 Å². The summed E-state index contributed by atoms with van der Waals surface area (Å²) < 4.78 is 63.3. The van der Waals surface area contributed by atoms with Gasteiger partial charge in [0.2, 0.25) is 10.0 Å². The van der Waals surface area contributed by atoms with Gasteiger partial charge in [-0.25, -0.2) is 13.1 Å². The van der Waals surface area contributed by atoms with Gasteiger partial charge in [-0.1, -0.05) is 36.4 Å². The van der Waals surface area contributed by atoms with Crippen molar-refractivity contribution in [2.45, 2.75) is 17.6 Å². The van der Waals surface area contributed by atoms with Gasteiger partial charge < -0.3 is 5.32 Å². The monoisotopic (exact) mass is 372 g/mol. The normalized spacial score (nSPS) is 12.0. The molecule has 0 unspecified atom stereocenters. The molecule has 0 heterocycles. The summed E-state index contributed by atoms with van der Waals surface area (Å²) in [6.07, 6.45) is -4.55. The highest BCUT2D eigenvalue weighted by Crippen LogP contribution is 2.15. The first kappa shape index (κ1) is 18.9. The molecule has 0 aliphatic heterocycles. The van der Waals surface area contributed by atoms with Crippen molar-refractivity contribution in [1.82, 2.24) is 10.0 Å². The van der Waals surface area contributed by atoms with Crippen LogP contribution in [-0.4, -0.2) is 27.0 Å². The summed E-state index contributed by atoms with van der Waals surface area (Å²) in [5.74, 6) is -1.00. The molecule has 0 saturated carbocycles. The molecule has 0 bridgehead atoms. The van der Waals surface area contributed by atoms with E-state index in [0.717, 1.165) is 11.6 Å². The topological polar surface area (TPSA) is 75.3 Å². The summed E-state index contributed by atoms with van der Waals surface area (Å²) in [4.78, 5) is 11.5. The lowest BCUT2D eigenvalue weighted by atomic mass is 10.2. The highest BCUT2D eigenvalue weighted by atomic mass is 32.2. The van der Waals surface area contributed by atoms with E-state index in [0.29, 0.717) is 0 Å². The van der Waals surface area contributed by atoms with Crippen LogP contribution >= 0.6 is 0 Å². The molecule has 1 amide bonds. The van der Waals surface area contributed by atoms with Crippen molar-refractivity contribution in [3.8, 4) is 0 Å². The van der Waals surface area contributed by atoms with Crippen LogP contribution in [0.3, 0.4) is 0 Å². The number of halogens is 3. The number of sulfonamides is 1. The van der Waals surface area contributed by atoms with Crippen LogP contribution in [0.2, 0.25) is 0 Å². The van der Waals surface area contributed by atoms with Crippen LogP contribution in [0.4, 0.5) is 13.2 Å². The Balaban J connectivity index is 2.10. The lowest BCUT2D eigenvalue weighted by Crippen LogP contribution is -2.33. The summed E-state index contributed by atoms with van der Waals surface area (Å²) >= 11 is 0. The first-order valence-electron chi connectivity index (χ1n) is 7.16. The smallest absolute Gasteiger partial charge is 0.343 e. The number of alkyl halides is 3. The summed E-state index contributed by atoms with van der Waals surface area (Å²) in [6.45, 7) is -1.44. The van der Waals surface area contributed by atoms with E-state index in [1.165, 1.54) is 18.2 Å². The Labute approximate surface area is 142 Å². The number of rotatable bonds is 6. The van der Waals surface area contributed by atoms with E-state index >= 15 is 0 Å². The molecule has 0 spiro atoms. The van der Waals surface area contributed by atoms with Crippen LogP contribution < -0.4 is 10.0 Å². The van der Waals surface area contributed by atoms with Crippen LogP contribution in [0, 0.1) is 0 Å². The van der Waals surface area contributed by atoms with Gasteiger partial charge in [0.1, 0.15) is 6.54 Å². The molecule has 25 heavy (non-hydrogen) atoms. The molecule has 0 saturated heterocycles. The summed E-state index contributed by atoms with van der Waals surface area (Å²) in [7, 11) is -3.91. The molecule has 2 rings (SSSR count). The molecular weight excluding hydrogens is 357 g/mol. The molecule has 0 aromatic heterocycles. The Morgan fingerprint density at radius 1 is 1.00 bits per heavy atom. The van der Waals surface area contributed by atoms with Crippen molar-refractivity contribution in [1.29, 1.82) is 0 Å². The maximum absolute atomic E-state index is 12.3. The molecule has 0 aliphatic carbocycles. The third kappa shape index (κ3) is 5.87. The minimum atomic E-state index is -4.55. The maximum atomic E-state index is 12.3.